The lowest BCUT2D eigenvalue weighted by Crippen LogP contribution is -2.45. The summed E-state index contributed by atoms with van der Waals surface area (Å²) < 4.78 is 5.48. The van der Waals surface area contributed by atoms with Crippen molar-refractivity contribution in [2.45, 2.75) is 37.8 Å². The van der Waals surface area contributed by atoms with E-state index in [2.05, 4.69) is 44.7 Å². The molecule has 2 aliphatic heterocycles. The topological polar surface area (TPSA) is 73.9 Å². The predicted octanol–water partition coefficient (Wildman–Crippen LogP) is 1.30. The van der Waals surface area contributed by atoms with Crippen LogP contribution in [-0.4, -0.2) is 69.7 Å². The van der Waals surface area contributed by atoms with Gasteiger partial charge in [-0.2, -0.15) is 0 Å². The minimum atomic E-state index is -0.585. The Labute approximate surface area is 167 Å². The fraction of sp³-hybridized carbons (Fsp3) is 0.619. The molecule has 0 aliphatic carbocycles. The van der Waals surface area contributed by atoms with Gasteiger partial charge in [0.1, 0.15) is 0 Å². The first-order valence-corrected chi connectivity index (χ1v) is 10.2. The first kappa shape index (κ1) is 20.6. The molecule has 0 spiro atoms. The second-order valence-corrected chi connectivity index (χ2v) is 7.80. The van der Waals surface area contributed by atoms with Gasteiger partial charge in [-0.25, -0.2) is 0 Å². The van der Waals surface area contributed by atoms with Crippen LogP contribution in [0.25, 0.3) is 0 Å². The van der Waals surface area contributed by atoms with Crippen LogP contribution in [0.3, 0.4) is 0 Å². The summed E-state index contributed by atoms with van der Waals surface area (Å²) in [4.78, 5) is 28.8. The average molecular weight is 389 g/mol. The van der Waals surface area contributed by atoms with Crippen molar-refractivity contribution in [1.82, 2.24) is 15.5 Å². The van der Waals surface area contributed by atoms with Gasteiger partial charge in [0.25, 0.3) is 0 Å². The fourth-order valence-corrected chi connectivity index (χ4v) is 3.87. The van der Waals surface area contributed by atoms with E-state index in [9.17, 15) is 9.59 Å². The average Bonchev–Trinajstić information content (AvgIpc) is 3.40. The molecule has 1 aromatic carbocycles. The lowest BCUT2D eigenvalue weighted by atomic mass is 10.0. The number of nitrogens with one attached hydrogen (secondary N) is 2. The van der Waals surface area contributed by atoms with Gasteiger partial charge in [0.15, 0.2) is 0 Å². The number of hydrogen-bond acceptors (Lipinski definition) is 5. The summed E-state index contributed by atoms with van der Waals surface area (Å²) in [5.41, 5.74) is 2.30. The van der Waals surface area contributed by atoms with E-state index in [1.165, 1.54) is 12.8 Å². The maximum atomic E-state index is 12.3. The van der Waals surface area contributed by atoms with Gasteiger partial charge in [-0.15, -0.1) is 0 Å². The molecular formula is C21H32N4O3. The van der Waals surface area contributed by atoms with E-state index in [4.69, 9.17) is 4.74 Å². The van der Waals surface area contributed by atoms with Crippen molar-refractivity contribution in [3.05, 3.63) is 29.8 Å². The first-order chi connectivity index (χ1) is 13.5. The molecule has 28 heavy (non-hydrogen) atoms. The quantitative estimate of drug-likeness (QED) is 0.689. The Morgan fingerprint density at radius 3 is 2.39 bits per heavy atom. The standard InChI is InChI=1S/C21H32N4O3/c1-24(2)17-9-7-16(8-10-17)19(25-11-3-4-12-25)15-23-21(27)20(26)22-14-18-6-5-13-28-18/h7-10,18-19H,3-6,11-15H2,1-2H3,(H,22,26)(H,23,27)/t18-,19-/m1/s1. The number of rotatable bonds is 7. The van der Waals surface area contributed by atoms with Crippen LogP contribution in [0.5, 0.6) is 0 Å². The summed E-state index contributed by atoms with van der Waals surface area (Å²) in [5, 5.41) is 5.51. The summed E-state index contributed by atoms with van der Waals surface area (Å²) in [6, 6.07) is 8.49. The van der Waals surface area contributed by atoms with E-state index in [0.717, 1.165) is 43.8 Å². The smallest absolute Gasteiger partial charge is 0.309 e. The van der Waals surface area contributed by atoms with E-state index in [-0.39, 0.29) is 12.1 Å². The number of anilines is 1. The van der Waals surface area contributed by atoms with Crippen molar-refractivity contribution in [3.8, 4) is 0 Å². The lowest BCUT2D eigenvalue weighted by molar-refractivity contribution is -0.139. The Bertz CT molecular complexity index is 650. The van der Waals surface area contributed by atoms with Gasteiger partial charge in [-0.05, 0) is 56.5 Å². The number of hydrogen-bond donors (Lipinski definition) is 2. The highest BCUT2D eigenvalue weighted by molar-refractivity contribution is 6.35. The Morgan fingerprint density at radius 2 is 1.79 bits per heavy atom. The van der Waals surface area contributed by atoms with Crippen LogP contribution in [0.1, 0.15) is 37.3 Å². The van der Waals surface area contributed by atoms with E-state index in [1.54, 1.807) is 0 Å². The van der Waals surface area contributed by atoms with Crippen molar-refractivity contribution in [2.75, 3.05) is 51.8 Å². The molecule has 2 saturated heterocycles. The number of carbonyl (C=O) groups excluding carboxylic acids is 2. The zero-order chi connectivity index (χ0) is 19.9. The Hall–Kier alpha value is -2.12. The molecule has 1 aromatic rings. The molecule has 7 heteroatoms. The van der Waals surface area contributed by atoms with Gasteiger partial charge < -0.3 is 20.3 Å². The normalized spacial score (nSPS) is 20.7. The zero-order valence-corrected chi connectivity index (χ0v) is 16.9. The molecule has 0 radical (unpaired) electrons. The summed E-state index contributed by atoms with van der Waals surface area (Å²) in [6.07, 6.45) is 4.31. The van der Waals surface area contributed by atoms with Gasteiger partial charge in [-0.3, -0.25) is 14.5 Å². The van der Waals surface area contributed by atoms with Crippen molar-refractivity contribution in [2.24, 2.45) is 0 Å². The third kappa shape index (κ3) is 5.45. The predicted molar refractivity (Wildman–Crippen MR) is 109 cm³/mol. The zero-order valence-electron chi connectivity index (χ0n) is 16.9. The number of amides is 2. The van der Waals surface area contributed by atoms with Crippen molar-refractivity contribution in [1.29, 1.82) is 0 Å². The van der Waals surface area contributed by atoms with Crippen molar-refractivity contribution >= 4 is 17.5 Å². The molecule has 2 atom stereocenters. The third-order valence-electron chi connectivity index (χ3n) is 5.55. The minimum Gasteiger partial charge on any atom is -0.378 e. The number of carbonyl (C=O) groups is 2. The summed E-state index contributed by atoms with van der Waals surface area (Å²) in [5.74, 6) is -1.16. The third-order valence-corrected chi connectivity index (χ3v) is 5.55. The largest absolute Gasteiger partial charge is 0.378 e. The number of benzene rings is 1. The van der Waals surface area contributed by atoms with E-state index in [1.807, 2.05) is 14.1 Å². The van der Waals surface area contributed by atoms with Crippen LogP contribution in [0.2, 0.25) is 0 Å². The highest BCUT2D eigenvalue weighted by atomic mass is 16.5. The van der Waals surface area contributed by atoms with Crippen LogP contribution in [-0.2, 0) is 14.3 Å². The fourth-order valence-electron chi connectivity index (χ4n) is 3.87. The van der Waals surface area contributed by atoms with E-state index in [0.29, 0.717) is 13.1 Å². The maximum absolute atomic E-state index is 12.3. The van der Waals surface area contributed by atoms with Gasteiger partial charge >= 0.3 is 11.8 Å². The molecule has 3 rings (SSSR count). The first-order valence-electron chi connectivity index (χ1n) is 10.2. The molecular weight excluding hydrogens is 356 g/mol. The van der Waals surface area contributed by atoms with Crippen LogP contribution < -0.4 is 15.5 Å². The summed E-state index contributed by atoms with van der Waals surface area (Å²) in [7, 11) is 4.03. The van der Waals surface area contributed by atoms with Crippen LogP contribution in [0.4, 0.5) is 5.69 Å². The van der Waals surface area contributed by atoms with Crippen molar-refractivity contribution < 1.29 is 14.3 Å². The molecule has 7 nitrogen and oxygen atoms in total. The number of ether oxygens (including phenoxy) is 1. The highest BCUT2D eigenvalue weighted by Gasteiger charge is 2.25. The summed E-state index contributed by atoms with van der Waals surface area (Å²) in [6.45, 7) is 3.58. The Balaban J connectivity index is 1.56. The number of likely N-dealkylation sites (tertiary alicyclic amines) is 1. The van der Waals surface area contributed by atoms with E-state index >= 15 is 0 Å². The van der Waals surface area contributed by atoms with Gasteiger partial charge in [-0.1, -0.05) is 12.1 Å². The summed E-state index contributed by atoms with van der Waals surface area (Å²) >= 11 is 0. The molecule has 0 bridgehead atoms. The van der Waals surface area contributed by atoms with Crippen molar-refractivity contribution in [3.63, 3.8) is 0 Å². The Kier molecular flexibility index (Phi) is 7.28. The molecule has 154 valence electrons. The minimum absolute atomic E-state index is 0.0318. The molecule has 2 N–H and O–H groups in total. The SMILES string of the molecule is CN(C)c1ccc([C@@H](CNC(=O)C(=O)NC[C@H]2CCCO2)N2CCCC2)cc1. The van der Waals surface area contributed by atoms with Crippen LogP contribution in [0.15, 0.2) is 24.3 Å². The monoisotopic (exact) mass is 388 g/mol. The van der Waals surface area contributed by atoms with Gasteiger partial charge in [0, 0.05) is 39.5 Å². The highest BCUT2D eigenvalue weighted by Crippen LogP contribution is 2.26. The maximum Gasteiger partial charge on any atom is 0.309 e. The molecule has 2 amide bonds. The van der Waals surface area contributed by atoms with Crippen LogP contribution in [0, 0.1) is 0 Å². The number of nitrogens with zero attached hydrogens (tertiary/aromatic N) is 2. The molecule has 2 heterocycles. The lowest BCUT2D eigenvalue weighted by Gasteiger charge is -2.28. The second-order valence-electron chi connectivity index (χ2n) is 7.80. The molecule has 0 unspecified atom stereocenters. The van der Waals surface area contributed by atoms with E-state index < -0.39 is 11.8 Å². The van der Waals surface area contributed by atoms with Gasteiger partial charge in [0.2, 0.25) is 0 Å². The second kappa shape index (κ2) is 9.89. The molecule has 2 aliphatic rings. The Morgan fingerprint density at radius 1 is 1.11 bits per heavy atom. The van der Waals surface area contributed by atoms with Gasteiger partial charge in [0.05, 0.1) is 12.1 Å². The van der Waals surface area contributed by atoms with Crippen LogP contribution >= 0.6 is 0 Å². The molecule has 2 fully saturated rings. The molecule has 0 aromatic heterocycles. The molecule has 0 saturated carbocycles.